The van der Waals surface area contributed by atoms with E-state index in [2.05, 4.69) is 25.9 Å². The van der Waals surface area contributed by atoms with Gasteiger partial charge in [-0.25, -0.2) is 4.79 Å². The summed E-state index contributed by atoms with van der Waals surface area (Å²) in [6.07, 6.45) is 1.51. The van der Waals surface area contributed by atoms with Crippen LogP contribution in [0.2, 0.25) is 0 Å². The van der Waals surface area contributed by atoms with Gasteiger partial charge in [-0.3, -0.25) is 0 Å². The molecule has 0 aliphatic carbocycles. The van der Waals surface area contributed by atoms with Crippen LogP contribution in [0.5, 0.6) is 0 Å². The van der Waals surface area contributed by atoms with Crippen molar-refractivity contribution in [2.45, 2.75) is 0 Å². The maximum atomic E-state index is 10.2. The van der Waals surface area contributed by atoms with E-state index in [1.54, 1.807) is 11.3 Å². The summed E-state index contributed by atoms with van der Waals surface area (Å²) < 4.78 is 1.03. The largest absolute Gasteiger partial charge is 0.479 e. The van der Waals surface area contributed by atoms with E-state index in [4.69, 9.17) is 5.11 Å². The molecule has 0 radical (unpaired) electrons. The maximum absolute atomic E-state index is 10.2. The Hall–Kier alpha value is -1.66. The van der Waals surface area contributed by atoms with Crippen molar-refractivity contribution in [3.8, 4) is 10.4 Å². The maximum Gasteiger partial charge on any atom is 0.344 e. The lowest BCUT2D eigenvalue weighted by Crippen LogP contribution is -2.03. The van der Waals surface area contributed by atoms with Gasteiger partial charge in [-0.2, -0.15) is 0 Å². The van der Waals surface area contributed by atoms with Gasteiger partial charge in [-0.1, -0.05) is 33.2 Å². The van der Waals surface area contributed by atoms with Crippen LogP contribution in [0.3, 0.4) is 0 Å². The standard InChI is InChI=1S/C13H10BrNO3S/c14-10-3-1-2-9(6-10)12-5-4-11(19-12)7-15-18-8-13(16)17/h1-7H,8H2,(H,16,17). The minimum absolute atomic E-state index is 0.430. The van der Waals surface area contributed by atoms with Crippen LogP contribution in [-0.4, -0.2) is 23.9 Å². The molecule has 6 heteroatoms. The zero-order valence-corrected chi connectivity index (χ0v) is 12.1. The van der Waals surface area contributed by atoms with E-state index in [9.17, 15) is 4.79 Å². The summed E-state index contributed by atoms with van der Waals surface area (Å²) in [4.78, 5) is 16.8. The number of carboxylic acids is 1. The van der Waals surface area contributed by atoms with Crippen LogP contribution in [0.1, 0.15) is 4.88 Å². The molecule has 0 aliphatic heterocycles. The minimum atomic E-state index is -1.04. The predicted octanol–water partition coefficient (Wildman–Crippen LogP) is 3.61. The van der Waals surface area contributed by atoms with Crippen LogP contribution in [0.4, 0.5) is 0 Å². The normalized spacial score (nSPS) is 10.8. The molecule has 0 aliphatic rings. The van der Waals surface area contributed by atoms with Crippen molar-refractivity contribution >= 4 is 39.5 Å². The van der Waals surface area contributed by atoms with Gasteiger partial charge in [-0.15, -0.1) is 11.3 Å². The van der Waals surface area contributed by atoms with E-state index in [1.165, 1.54) is 6.21 Å². The first-order chi connectivity index (χ1) is 9.15. The summed E-state index contributed by atoms with van der Waals surface area (Å²) in [5.41, 5.74) is 1.12. The molecule has 0 spiro atoms. The van der Waals surface area contributed by atoms with Gasteiger partial charge < -0.3 is 9.94 Å². The van der Waals surface area contributed by atoms with E-state index in [0.29, 0.717) is 0 Å². The number of benzene rings is 1. The number of thiophene rings is 1. The number of hydrogen-bond donors (Lipinski definition) is 1. The number of hydrogen-bond acceptors (Lipinski definition) is 4. The van der Waals surface area contributed by atoms with Gasteiger partial charge in [-0.05, 0) is 29.8 Å². The summed E-state index contributed by atoms with van der Waals surface area (Å²) in [5, 5.41) is 12.0. The lowest BCUT2D eigenvalue weighted by Gasteiger charge is -1.97. The first kappa shape index (κ1) is 13.8. The molecule has 0 unspecified atom stereocenters. The number of halogens is 1. The molecule has 1 aromatic heterocycles. The van der Waals surface area contributed by atoms with Crippen LogP contribution >= 0.6 is 27.3 Å². The lowest BCUT2D eigenvalue weighted by atomic mass is 10.2. The number of nitrogens with zero attached hydrogens (tertiary/aromatic N) is 1. The van der Waals surface area contributed by atoms with Gasteiger partial charge in [0.2, 0.25) is 6.61 Å². The summed E-state index contributed by atoms with van der Waals surface area (Å²) in [7, 11) is 0. The second-order valence-corrected chi connectivity index (χ2v) is 5.65. The quantitative estimate of drug-likeness (QED) is 0.668. The van der Waals surface area contributed by atoms with Crippen LogP contribution in [0.25, 0.3) is 10.4 Å². The molecule has 19 heavy (non-hydrogen) atoms. The summed E-state index contributed by atoms with van der Waals surface area (Å²) in [5.74, 6) is -1.04. The molecule has 0 bridgehead atoms. The molecule has 1 N–H and O–H groups in total. The molecule has 1 heterocycles. The number of oxime groups is 1. The third-order valence-electron chi connectivity index (χ3n) is 2.18. The van der Waals surface area contributed by atoms with Gasteiger partial charge in [0.1, 0.15) is 0 Å². The molecule has 0 saturated heterocycles. The zero-order chi connectivity index (χ0) is 13.7. The molecule has 0 atom stereocenters. The lowest BCUT2D eigenvalue weighted by molar-refractivity contribution is -0.142. The van der Waals surface area contributed by atoms with E-state index in [1.807, 2.05) is 36.4 Å². The first-order valence-electron chi connectivity index (χ1n) is 5.38. The second-order valence-electron chi connectivity index (χ2n) is 3.61. The fourth-order valence-electron chi connectivity index (χ4n) is 1.40. The molecule has 98 valence electrons. The van der Waals surface area contributed by atoms with Crippen LogP contribution in [-0.2, 0) is 9.63 Å². The Bertz CT molecular complexity index is 609. The molecule has 2 aromatic rings. The van der Waals surface area contributed by atoms with Gasteiger partial charge >= 0.3 is 5.97 Å². The highest BCUT2D eigenvalue weighted by Crippen LogP contribution is 2.29. The van der Waals surface area contributed by atoms with Crippen molar-refractivity contribution < 1.29 is 14.7 Å². The molecule has 0 saturated carbocycles. The van der Waals surface area contributed by atoms with Crippen LogP contribution in [0, 0.1) is 0 Å². The number of aliphatic carboxylic acids is 1. The zero-order valence-electron chi connectivity index (χ0n) is 9.75. The number of carboxylic acid groups (broad SMARTS) is 1. The van der Waals surface area contributed by atoms with Crippen molar-refractivity contribution in [2.24, 2.45) is 5.16 Å². The van der Waals surface area contributed by atoms with Crippen LogP contribution in [0.15, 0.2) is 46.0 Å². The summed E-state index contributed by atoms with van der Waals surface area (Å²) >= 11 is 4.99. The monoisotopic (exact) mass is 339 g/mol. The Balaban J connectivity index is 2.05. The highest BCUT2D eigenvalue weighted by molar-refractivity contribution is 9.10. The fraction of sp³-hybridized carbons (Fsp3) is 0.0769. The Morgan fingerprint density at radius 2 is 2.26 bits per heavy atom. The van der Waals surface area contributed by atoms with E-state index in [-0.39, 0.29) is 0 Å². The summed E-state index contributed by atoms with van der Waals surface area (Å²) in [6.45, 7) is -0.430. The van der Waals surface area contributed by atoms with Crippen molar-refractivity contribution in [1.29, 1.82) is 0 Å². The van der Waals surface area contributed by atoms with Crippen molar-refractivity contribution in [3.05, 3.63) is 45.7 Å². The Labute approximate surface area is 122 Å². The molecule has 2 rings (SSSR count). The highest BCUT2D eigenvalue weighted by Gasteiger charge is 2.02. The molecule has 0 amide bonds. The minimum Gasteiger partial charge on any atom is -0.479 e. The Kier molecular flexibility index (Phi) is 4.70. The molecule has 4 nitrogen and oxygen atoms in total. The third-order valence-corrected chi connectivity index (χ3v) is 3.74. The molecule has 0 fully saturated rings. The SMILES string of the molecule is O=C(O)CON=Cc1ccc(-c2cccc(Br)c2)s1. The second kappa shape index (κ2) is 6.49. The fourth-order valence-corrected chi connectivity index (χ4v) is 2.67. The topological polar surface area (TPSA) is 58.9 Å². The van der Waals surface area contributed by atoms with Gasteiger partial charge in [0.15, 0.2) is 0 Å². The molecule has 1 aromatic carbocycles. The number of rotatable bonds is 5. The number of carbonyl (C=O) groups is 1. The Morgan fingerprint density at radius 3 is 3.00 bits per heavy atom. The average Bonchev–Trinajstić information content (AvgIpc) is 2.83. The first-order valence-corrected chi connectivity index (χ1v) is 6.99. The van der Waals surface area contributed by atoms with Gasteiger partial charge in [0.05, 0.1) is 6.21 Å². The average molecular weight is 340 g/mol. The Morgan fingerprint density at radius 1 is 1.42 bits per heavy atom. The van der Waals surface area contributed by atoms with E-state index >= 15 is 0 Å². The summed E-state index contributed by atoms with van der Waals surface area (Å²) in [6, 6.07) is 11.9. The smallest absolute Gasteiger partial charge is 0.344 e. The van der Waals surface area contributed by atoms with Crippen molar-refractivity contribution in [2.75, 3.05) is 6.61 Å². The van der Waals surface area contributed by atoms with Crippen LogP contribution < -0.4 is 0 Å². The van der Waals surface area contributed by atoms with E-state index < -0.39 is 12.6 Å². The highest BCUT2D eigenvalue weighted by atomic mass is 79.9. The van der Waals surface area contributed by atoms with Crippen molar-refractivity contribution in [1.82, 2.24) is 0 Å². The molecular weight excluding hydrogens is 330 g/mol. The van der Waals surface area contributed by atoms with E-state index in [0.717, 1.165) is 19.8 Å². The van der Waals surface area contributed by atoms with Crippen molar-refractivity contribution in [3.63, 3.8) is 0 Å². The predicted molar refractivity (Wildman–Crippen MR) is 78.6 cm³/mol. The van der Waals surface area contributed by atoms with Gasteiger partial charge in [0, 0.05) is 14.2 Å². The molecular formula is C13H10BrNO3S. The third kappa shape index (κ3) is 4.18. The van der Waals surface area contributed by atoms with Gasteiger partial charge in [0.25, 0.3) is 0 Å².